The van der Waals surface area contributed by atoms with E-state index in [4.69, 9.17) is 28.3 Å². The summed E-state index contributed by atoms with van der Waals surface area (Å²) in [6, 6.07) is 5.37. The molecular weight excluding hydrogens is 297 g/mol. The number of piperidine rings is 1. The third-order valence-electron chi connectivity index (χ3n) is 3.77. The summed E-state index contributed by atoms with van der Waals surface area (Å²) < 4.78 is 0. The van der Waals surface area contributed by atoms with Crippen LogP contribution in [0.1, 0.15) is 31.2 Å². The number of aliphatic hydroxyl groups is 1. The first kappa shape index (κ1) is 15.6. The van der Waals surface area contributed by atoms with E-state index in [1.54, 1.807) is 18.2 Å². The summed E-state index contributed by atoms with van der Waals surface area (Å²) in [7, 11) is 0. The Labute approximate surface area is 129 Å². The predicted octanol–water partition coefficient (Wildman–Crippen LogP) is 3.30. The highest BCUT2D eigenvalue weighted by molar-refractivity contribution is 6.35. The van der Waals surface area contributed by atoms with Crippen molar-refractivity contribution >= 4 is 29.1 Å². The maximum atomic E-state index is 12.4. The summed E-state index contributed by atoms with van der Waals surface area (Å²) in [6.07, 6.45) is 4.07. The topological polar surface area (TPSA) is 40.5 Å². The molecule has 1 amide bonds. The van der Waals surface area contributed by atoms with E-state index >= 15 is 0 Å². The van der Waals surface area contributed by atoms with Crippen molar-refractivity contribution in [3.8, 4) is 0 Å². The molecule has 0 spiro atoms. The van der Waals surface area contributed by atoms with Gasteiger partial charge in [-0.2, -0.15) is 0 Å². The monoisotopic (exact) mass is 315 g/mol. The van der Waals surface area contributed by atoms with Gasteiger partial charge < -0.3 is 10.0 Å². The minimum absolute atomic E-state index is 0.0763. The lowest BCUT2D eigenvalue weighted by Crippen LogP contribution is -2.44. The second-order valence-electron chi connectivity index (χ2n) is 5.16. The molecule has 3 nitrogen and oxygen atoms in total. The van der Waals surface area contributed by atoms with Crippen molar-refractivity contribution < 1.29 is 9.90 Å². The molecular formula is C15H19Cl2NO2. The zero-order valence-corrected chi connectivity index (χ0v) is 12.8. The molecule has 1 fully saturated rings. The van der Waals surface area contributed by atoms with E-state index in [-0.39, 0.29) is 25.0 Å². The Balaban J connectivity index is 2.05. The molecule has 1 unspecified atom stereocenters. The number of carbonyl (C=O) groups excluding carboxylic acids is 1. The first-order valence-electron chi connectivity index (χ1n) is 6.96. The highest BCUT2D eigenvalue weighted by Gasteiger charge is 2.26. The van der Waals surface area contributed by atoms with E-state index in [0.717, 1.165) is 31.4 Å². The summed E-state index contributed by atoms with van der Waals surface area (Å²) in [6.45, 7) is 0.894. The van der Waals surface area contributed by atoms with Gasteiger partial charge in [-0.25, -0.2) is 0 Å². The molecule has 0 saturated carbocycles. The molecule has 1 aliphatic heterocycles. The van der Waals surface area contributed by atoms with Gasteiger partial charge >= 0.3 is 0 Å². The van der Waals surface area contributed by atoms with Crippen LogP contribution in [0.4, 0.5) is 0 Å². The van der Waals surface area contributed by atoms with Gasteiger partial charge in [0.25, 0.3) is 0 Å². The summed E-state index contributed by atoms with van der Waals surface area (Å²) in [4.78, 5) is 14.3. The fourth-order valence-corrected chi connectivity index (χ4v) is 3.18. The van der Waals surface area contributed by atoms with Crippen LogP contribution in [0.5, 0.6) is 0 Å². The van der Waals surface area contributed by atoms with Crippen molar-refractivity contribution in [3.05, 3.63) is 33.8 Å². The number of likely N-dealkylation sites (tertiary alicyclic amines) is 1. The molecule has 1 atom stereocenters. The van der Waals surface area contributed by atoms with Crippen LogP contribution < -0.4 is 0 Å². The van der Waals surface area contributed by atoms with Crippen LogP contribution in [-0.4, -0.2) is 35.1 Å². The summed E-state index contributed by atoms with van der Waals surface area (Å²) in [5, 5.41) is 10.2. The molecule has 1 aliphatic rings. The normalized spacial score (nSPS) is 19.1. The number of amides is 1. The molecule has 0 radical (unpaired) electrons. The van der Waals surface area contributed by atoms with Crippen LogP contribution in [0, 0.1) is 0 Å². The SMILES string of the molecule is O=C(Cc1ccc(Cl)cc1Cl)N1CCCCC1CCO. The van der Waals surface area contributed by atoms with E-state index in [0.29, 0.717) is 16.5 Å². The molecule has 20 heavy (non-hydrogen) atoms. The van der Waals surface area contributed by atoms with Crippen molar-refractivity contribution in [3.63, 3.8) is 0 Å². The zero-order valence-electron chi connectivity index (χ0n) is 11.3. The molecule has 0 aliphatic carbocycles. The number of halogens is 2. The van der Waals surface area contributed by atoms with Crippen molar-refractivity contribution in [1.29, 1.82) is 0 Å². The zero-order chi connectivity index (χ0) is 14.5. The van der Waals surface area contributed by atoms with E-state index in [1.807, 2.05) is 4.90 Å². The highest BCUT2D eigenvalue weighted by Crippen LogP contribution is 2.24. The van der Waals surface area contributed by atoms with E-state index in [9.17, 15) is 4.79 Å². The predicted molar refractivity (Wildman–Crippen MR) is 81.2 cm³/mol. The fourth-order valence-electron chi connectivity index (χ4n) is 2.71. The van der Waals surface area contributed by atoms with Crippen molar-refractivity contribution in [2.75, 3.05) is 13.2 Å². The van der Waals surface area contributed by atoms with Gasteiger partial charge in [0, 0.05) is 29.2 Å². The number of carbonyl (C=O) groups is 1. The molecule has 1 saturated heterocycles. The van der Waals surface area contributed by atoms with E-state index in [2.05, 4.69) is 0 Å². The summed E-state index contributed by atoms with van der Waals surface area (Å²) >= 11 is 12.0. The van der Waals surface area contributed by atoms with Crippen LogP contribution in [-0.2, 0) is 11.2 Å². The van der Waals surface area contributed by atoms with Gasteiger partial charge in [0.1, 0.15) is 0 Å². The summed E-state index contributed by atoms with van der Waals surface area (Å²) in [5.74, 6) is 0.0763. The Bertz CT molecular complexity index is 477. The minimum atomic E-state index is 0.0763. The maximum absolute atomic E-state index is 12.4. The van der Waals surface area contributed by atoms with Gasteiger partial charge in [-0.05, 0) is 43.4 Å². The largest absolute Gasteiger partial charge is 0.396 e. The smallest absolute Gasteiger partial charge is 0.227 e. The molecule has 0 aromatic heterocycles. The Kier molecular flexibility index (Phi) is 5.70. The van der Waals surface area contributed by atoms with Gasteiger partial charge in [-0.3, -0.25) is 4.79 Å². The van der Waals surface area contributed by atoms with Crippen LogP contribution in [0.3, 0.4) is 0 Å². The van der Waals surface area contributed by atoms with Gasteiger partial charge in [-0.1, -0.05) is 29.3 Å². The van der Waals surface area contributed by atoms with Crippen LogP contribution in [0.2, 0.25) is 10.0 Å². The standard InChI is InChI=1S/C15H19Cl2NO2/c16-12-5-4-11(14(17)10-12)9-15(20)18-7-2-1-3-13(18)6-8-19/h4-5,10,13,19H,1-3,6-9H2. The van der Waals surface area contributed by atoms with E-state index < -0.39 is 0 Å². The first-order valence-corrected chi connectivity index (χ1v) is 7.71. The van der Waals surface area contributed by atoms with Gasteiger partial charge in [-0.15, -0.1) is 0 Å². The average molecular weight is 316 g/mol. The van der Waals surface area contributed by atoms with Gasteiger partial charge in [0.05, 0.1) is 6.42 Å². The Morgan fingerprint density at radius 2 is 2.15 bits per heavy atom. The number of aliphatic hydroxyl groups excluding tert-OH is 1. The van der Waals surface area contributed by atoms with E-state index in [1.165, 1.54) is 0 Å². The van der Waals surface area contributed by atoms with Crippen LogP contribution in [0.25, 0.3) is 0 Å². The van der Waals surface area contributed by atoms with Gasteiger partial charge in [0.15, 0.2) is 0 Å². The van der Waals surface area contributed by atoms with Crippen LogP contribution >= 0.6 is 23.2 Å². The lowest BCUT2D eigenvalue weighted by atomic mass is 9.98. The number of rotatable bonds is 4. The first-order chi connectivity index (χ1) is 9.61. The Hall–Kier alpha value is -0.770. The highest BCUT2D eigenvalue weighted by atomic mass is 35.5. The number of hydrogen-bond acceptors (Lipinski definition) is 2. The lowest BCUT2D eigenvalue weighted by molar-refractivity contribution is -0.134. The molecule has 1 aromatic rings. The average Bonchev–Trinajstić information content (AvgIpc) is 2.43. The summed E-state index contributed by atoms with van der Waals surface area (Å²) in [5.41, 5.74) is 0.800. The second-order valence-corrected chi connectivity index (χ2v) is 6.01. The molecule has 1 heterocycles. The third-order valence-corrected chi connectivity index (χ3v) is 4.35. The van der Waals surface area contributed by atoms with Crippen molar-refractivity contribution in [2.45, 2.75) is 38.1 Å². The maximum Gasteiger partial charge on any atom is 0.227 e. The van der Waals surface area contributed by atoms with Crippen LogP contribution in [0.15, 0.2) is 18.2 Å². The Morgan fingerprint density at radius 3 is 2.85 bits per heavy atom. The number of hydrogen-bond donors (Lipinski definition) is 1. The second kappa shape index (κ2) is 7.30. The number of nitrogens with zero attached hydrogens (tertiary/aromatic N) is 1. The fraction of sp³-hybridized carbons (Fsp3) is 0.533. The molecule has 1 aromatic carbocycles. The van der Waals surface area contributed by atoms with Crippen molar-refractivity contribution in [1.82, 2.24) is 4.90 Å². The molecule has 1 N–H and O–H groups in total. The minimum Gasteiger partial charge on any atom is -0.396 e. The third kappa shape index (κ3) is 3.87. The molecule has 0 bridgehead atoms. The molecule has 2 rings (SSSR count). The lowest BCUT2D eigenvalue weighted by Gasteiger charge is -2.35. The molecule has 110 valence electrons. The Morgan fingerprint density at radius 1 is 1.35 bits per heavy atom. The van der Waals surface area contributed by atoms with Gasteiger partial charge in [0.2, 0.25) is 5.91 Å². The number of benzene rings is 1. The quantitative estimate of drug-likeness (QED) is 0.926. The molecule has 5 heteroatoms. The van der Waals surface area contributed by atoms with Crippen molar-refractivity contribution in [2.24, 2.45) is 0 Å².